The highest BCUT2D eigenvalue weighted by Gasteiger charge is 2.78. The fraction of sp³-hybridized carbons (Fsp3) is 0.606. The van der Waals surface area contributed by atoms with E-state index in [1.807, 2.05) is 45.0 Å². The number of likely N-dealkylation sites (tertiary alicyclic amines) is 1. The maximum atomic E-state index is 14.9. The van der Waals surface area contributed by atoms with Crippen molar-refractivity contribution in [3.63, 3.8) is 0 Å². The maximum Gasteiger partial charge on any atom is 0.311 e. The van der Waals surface area contributed by atoms with E-state index in [-0.39, 0.29) is 37.5 Å². The van der Waals surface area contributed by atoms with Crippen LogP contribution in [0.15, 0.2) is 49.6 Å². The first-order chi connectivity index (χ1) is 20.1. The van der Waals surface area contributed by atoms with Crippen molar-refractivity contribution in [2.45, 2.75) is 75.5 Å². The van der Waals surface area contributed by atoms with Crippen LogP contribution in [0.4, 0.5) is 11.4 Å². The van der Waals surface area contributed by atoms with Crippen LogP contribution in [0.2, 0.25) is 0 Å². The second-order valence-electron chi connectivity index (χ2n) is 12.0. The summed E-state index contributed by atoms with van der Waals surface area (Å²) >= 11 is 1.61. The topological polar surface area (TPSA) is 90.4 Å². The molecule has 1 spiro atoms. The van der Waals surface area contributed by atoms with E-state index in [4.69, 9.17) is 4.74 Å². The van der Waals surface area contributed by atoms with E-state index in [1.54, 1.807) is 27.6 Å². The number of hydrogen-bond donors (Lipinski definition) is 1. The number of ether oxygens (including phenoxy) is 1. The zero-order chi connectivity index (χ0) is 30.8. The molecule has 0 radical (unpaired) electrons. The lowest BCUT2D eigenvalue weighted by atomic mass is 9.66. The molecule has 230 valence electrons. The predicted octanol–water partition coefficient (Wildman–Crippen LogP) is 4.67. The Labute approximate surface area is 255 Å². The number of carbonyl (C=O) groups is 3. The fourth-order valence-electron chi connectivity index (χ4n) is 7.43. The van der Waals surface area contributed by atoms with Crippen LogP contribution in [-0.2, 0) is 19.1 Å². The van der Waals surface area contributed by atoms with E-state index >= 15 is 0 Å². The van der Waals surface area contributed by atoms with E-state index in [0.717, 1.165) is 30.9 Å². The first-order valence-corrected chi connectivity index (χ1v) is 16.1. The lowest BCUT2D eigenvalue weighted by Gasteiger charge is -2.41. The highest BCUT2D eigenvalue weighted by molar-refractivity contribution is 8.02. The predicted molar refractivity (Wildman–Crippen MR) is 170 cm³/mol. The van der Waals surface area contributed by atoms with Gasteiger partial charge in [-0.15, -0.1) is 18.3 Å². The van der Waals surface area contributed by atoms with E-state index in [0.29, 0.717) is 12.8 Å². The van der Waals surface area contributed by atoms with Gasteiger partial charge in [0.2, 0.25) is 5.91 Å². The molecule has 1 aromatic carbocycles. The lowest BCUT2D eigenvalue weighted by Crippen LogP contribution is -2.58. The quantitative estimate of drug-likeness (QED) is 0.246. The molecule has 1 N–H and O–H groups in total. The highest BCUT2D eigenvalue weighted by atomic mass is 32.2. The van der Waals surface area contributed by atoms with Gasteiger partial charge in [-0.2, -0.15) is 0 Å². The SMILES string of the molecule is C=CCOC(=O)[C@@H]1[C@H]2C(=O)N([C@@H](CO)[C@@H](C)CC)C(C(=O)N(CC=C)c3ccc(N(CC)CC)cc3)C23CC[C@@]1(C)S3. The third-order valence-electron chi connectivity index (χ3n) is 9.76. The normalized spacial score (nSPS) is 29.1. The Bertz CT molecular complexity index is 1190. The van der Waals surface area contributed by atoms with Crippen molar-refractivity contribution < 1.29 is 24.2 Å². The molecule has 42 heavy (non-hydrogen) atoms. The Morgan fingerprint density at radius 3 is 2.33 bits per heavy atom. The molecule has 3 aliphatic rings. The number of amides is 2. The molecule has 3 heterocycles. The average molecular weight is 598 g/mol. The van der Waals surface area contributed by atoms with Gasteiger partial charge in [-0.3, -0.25) is 14.4 Å². The summed E-state index contributed by atoms with van der Waals surface area (Å²) in [5.74, 6) is -2.30. The monoisotopic (exact) mass is 597 g/mol. The van der Waals surface area contributed by atoms with Gasteiger partial charge in [-0.25, -0.2) is 0 Å². The first kappa shape index (κ1) is 32.1. The number of aliphatic hydroxyl groups excluding tert-OH is 1. The number of nitrogens with zero attached hydrogens (tertiary/aromatic N) is 3. The molecule has 7 atom stereocenters. The third-order valence-corrected chi connectivity index (χ3v) is 11.7. The van der Waals surface area contributed by atoms with E-state index in [9.17, 15) is 19.5 Å². The minimum atomic E-state index is -0.840. The largest absolute Gasteiger partial charge is 0.461 e. The third kappa shape index (κ3) is 5.17. The molecular weight excluding hydrogens is 550 g/mol. The van der Waals surface area contributed by atoms with Gasteiger partial charge in [0, 0.05) is 35.8 Å². The molecule has 2 unspecified atom stereocenters. The summed E-state index contributed by atoms with van der Waals surface area (Å²) in [7, 11) is 0. The minimum absolute atomic E-state index is 0.0466. The van der Waals surface area contributed by atoms with Crippen molar-refractivity contribution >= 4 is 40.9 Å². The van der Waals surface area contributed by atoms with Crippen LogP contribution in [0.5, 0.6) is 0 Å². The van der Waals surface area contributed by atoms with Gasteiger partial charge in [0.15, 0.2) is 0 Å². The molecule has 0 aromatic heterocycles. The molecule has 1 aromatic rings. The zero-order valence-corrected chi connectivity index (χ0v) is 26.6. The van der Waals surface area contributed by atoms with Gasteiger partial charge in [0.1, 0.15) is 12.6 Å². The number of hydrogen-bond acceptors (Lipinski definition) is 7. The Hall–Kier alpha value is -2.78. The molecule has 3 fully saturated rings. The van der Waals surface area contributed by atoms with Crippen LogP contribution < -0.4 is 9.80 Å². The number of aliphatic hydroxyl groups is 1. The van der Waals surface area contributed by atoms with Crippen molar-refractivity contribution in [3.8, 4) is 0 Å². The summed E-state index contributed by atoms with van der Waals surface area (Å²) < 4.78 is 4.21. The van der Waals surface area contributed by atoms with Gasteiger partial charge in [0.05, 0.1) is 29.2 Å². The number of benzene rings is 1. The van der Waals surface area contributed by atoms with Crippen molar-refractivity contribution in [3.05, 3.63) is 49.6 Å². The number of anilines is 2. The molecule has 8 nitrogen and oxygen atoms in total. The van der Waals surface area contributed by atoms with E-state index < -0.39 is 39.4 Å². The van der Waals surface area contributed by atoms with Gasteiger partial charge < -0.3 is 24.5 Å². The smallest absolute Gasteiger partial charge is 0.311 e. The zero-order valence-electron chi connectivity index (χ0n) is 25.8. The number of thioether (sulfide) groups is 1. The molecule has 3 saturated heterocycles. The van der Waals surface area contributed by atoms with Crippen LogP contribution in [0.25, 0.3) is 0 Å². The summed E-state index contributed by atoms with van der Waals surface area (Å²) in [5, 5.41) is 10.6. The number of esters is 1. The van der Waals surface area contributed by atoms with Crippen LogP contribution in [0.3, 0.4) is 0 Å². The maximum absolute atomic E-state index is 14.9. The van der Waals surface area contributed by atoms with Gasteiger partial charge >= 0.3 is 5.97 Å². The van der Waals surface area contributed by atoms with Crippen LogP contribution in [-0.4, -0.2) is 82.2 Å². The van der Waals surface area contributed by atoms with Crippen molar-refractivity contribution in [1.82, 2.24) is 4.90 Å². The van der Waals surface area contributed by atoms with Gasteiger partial charge in [0.25, 0.3) is 5.91 Å². The Morgan fingerprint density at radius 2 is 1.79 bits per heavy atom. The van der Waals surface area contributed by atoms with Gasteiger partial charge in [-0.1, -0.05) is 39.0 Å². The lowest BCUT2D eigenvalue weighted by molar-refractivity contribution is -0.155. The molecule has 2 amide bonds. The summed E-state index contributed by atoms with van der Waals surface area (Å²) in [4.78, 5) is 48.5. The van der Waals surface area contributed by atoms with Crippen molar-refractivity contribution in [2.24, 2.45) is 17.8 Å². The second kappa shape index (κ2) is 12.8. The number of fused-ring (bicyclic) bond motifs is 1. The Morgan fingerprint density at radius 1 is 1.14 bits per heavy atom. The van der Waals surface area contributed by atoms with E-state index in [1.165, 1.54) is 6.08 Å². The van der Waals surface area contributed by atoms with Crippen LogP contribution in [0, 0.1) is 17.8 Å². The second-order valence-corrected chi connectivity index (χ2v) is 13.9. The first-order valence-electron chi connectivity index (χ1n) is 15.3. The van der Waals surface area contributed by atoms with Crippen molar-refractivity contribution in [1.29, 1.82) is 0 Å². The minimum Gasteiger partial charge on any atom is -0.461 e. The molecule has 0 aliphatic carbocycles. The van der Waals surface area contributed by atoms with Crippen LogP contribution in [0.1, 0.15) is 53.9 Å². The van der Waals surface area contributed by atoms with Gasteiger partial charge in [-0.05, 0) is 63.8 Å². The average Bonchev–Trinajstić information content (AvgIpc) is 3.56. The molecular formula is C33H47N3O5S. The molecule has 9 heteroatoms. The van der Waals surface area contributed by atoms with Crippen LogP contribution >= 0.6 is 11.8 Å². The molecule has 0 saturated carbocycles. The highest BCUT2D eigenvalue weighted by Crippen LogP contribution is 2.72. The number of carbonyl (C=O) groups excluding carboxylic acids is 3. The summed E-state index contributed by atoms with van der Waals surface area (Å²) in [6.07, 6.45) is 5.27. The Kier molecular flexibility index (Phi) is 9.82. The summed E-state index contributed by atoms with van der Waals surface area (Å²) in [5.41, 5.74) is 1.79. The Balaban J connectivity index is 1.82. The van der Waals surface area contributed by atoms with E-state index in [2.05, 4.69) is 31.9 Å². The molecule has 2 bridgehead atoms. The summed E-state index contributed by atoms with van der Waals surface area (Å²) in [6, 6.07) is 6.53. The van der Waals surface area contributed by atoms with Crippen molar-refractivity contribution in [2.75, 3.05) is 42.6 Å². The summed E-state index contributed by atoms with van der Waals surface area (Å²) in [6.45, 7) is 19.7. The molecule has 3 aliphatic heterocycles. The number of rotatable bonds is 14. The standard InChI is InChI=1S/C33H47N3O5S/c1-8-19-35(24-15-13-23(14-16-24)34(11-4)12-5)30(39)28-33-18-17-32(7,42-33)27(31(40)41-20-9-2)26(33)29(38)36(28)25(21-37)22(6)10-3/h8-9,13-16,22,25-28,37H,1-2,10-12,17-21H2,3-7H3/t22-,25-,26-,27-,28?,32+,33?/m0/s1. The fourth-order valence-corrected chi connectivity index (χ4v) is 9.76. The molecule has 4 rings (SSSR count).